The van der Waals surface area contributed by atoms with E-state index in [9.17, 15) is 9.59 Å². The SMILES string of the molecule is Cc1ccc([C@@H]2c3ccsc3CCN2C(=O)CN(C(=O)CC(C)C)C(C)C)cc1. The lowest BCUT2D eigenvalue weighted by molar-refractivity contribution is -0.143. The molecule has 3 rings (SSSR count). The van der Waals surface area contributed by atoms with Gasteiger partial charge in [0, 0.05) is 23.9 Å². The lowest BCUT2D eigenvalue weighted by Crippen LogP contribution is -2.48. The van der Waals surface area contributed by atoms with Crippen molar-refractivity contribution < 1.29 is 9.59 Å². The van der Waals surface area contributed by atoms with Gasteiger partial charge in [-0.15, -0.1) is 11.3 Å². The Hall–Kier alpha value is -2.14. The van der Waals surface area contributed by atoms with Crippen molar-refractivity contribution in [1.82, 2.24) is 9.80 Å². The van der Waals surface area contributed by atoms with Gasteiger partial charge in [-0.3, -0.25) is 9.59 Å². The highest BCUT2D eigenvalue weighted by atomic mass is 32.1. The van der Waals surface area contributed by atoms with Crippen molar-refractivity contribution in [3.8, 4) is 0 Å². The average molecular weight is 413 g/mol. The zero-order valence-electron chi connectivity index (χ0n) is 18.1. The van der Waals surface area contributed by atoms with Crippen LogP contribution >= 0.6 is 11.3 Å². The van der Waals surface area contributed by atoms with Gasteiger partial charge < -0.3 is 9.80 Å². The Bertz CT molecular complexity index is 854. The van der Waals surface area contributed by atoms with Crippen LogP contribution in [0.3, 0.4) is 0 Å². The van der Waals surface area contributed by atoms with Crippen molar-refractivity contribution in [2.45, 2.75) is 59.5 Å². The summed E-state index contributed by atoms with van der Waals surface area (Å²) in [6.45, 7) is 10.9. The lowest BCUT2D eigenvalue weighted by atomic mass is 9.92. The highest BCUT2D eigenvalue weighted by molar-refractivity contribution is 7.10. The molecule has 4 nitrogen and oxygen atoms in total. The van der Waals surface area contributed by atoms with Gasteiger partial charge >= 0.3 is 0 Å². The number of aryl methyl sites for hydroxylation is 1. The zero-order valence-corrected chi connectivity index (χ0v) is 19.0. The Morgan fingerprint density at radius 3 is 2.45 bits per heavy atom. The van der Waals surface area contributed by atoms with E-state index in [0.717, 1.165) is 12.0 Å². The van der Waals surface area contributed by atoms with Crippen LogP contribution < -0.4 is 0 Å². The number of rotatable bonds is 6. The van der Waals surface area contributed by atoms with Crippen LogP contribution in [0.4, 0.5) is 0 Å². The van der Waals surface area contributed by atoms with Gasteiger partial charge in [0.2, 0.25) is 11.8 Å². The fraction of sp³-hybridized carbons (Fsp3) is 0.500. The van der Waals surface area contributed by atoms with Crippen LogP contribution in [0.25, 0.3) is 0 Å². The molecule has 0 bridgehead atoms. The molecule has 5 heteroatoms. The van der Waals surface area contributed by atoms with Gasteiger partial charge in [0.15, 0.2) is 0 Å². The van der Waals surface area contributed by atoms with Crippen molar-refractivity contribution in [3.63, 3.8) is 0 Å². The predicted octanol–water partition coefficient (Wildman–Crippen LogP) is 4.81. The van der Waals surface area contributed by atoms with E-state index >= 15 is 0 Å². The molecular weight excluding hydrogens is 380 g/mol. The molecule has 0 radical (unpaired) electrons. The van der Waals surface area contributed by atoms with Gasteiger partial charge in [-0.25, -0.2) is 0 Å². The minimum absolute atomic E-state index is 0.00419. The molecule has 0 saturated heterocycles. The Balaban J connectivity index is 1.87. The third kappa shape index (κ3) is 4.89. The third-order valence-electron chi connectivity index (χ3n) is 5.51. The van der Waals surface area contributed by atoms with E-state index in [-0.39, 0.29) is 36.4 Å². The summed E-state index contributed by atoms with van der Waals surface area (Å²) in [4.78, 5) is 31.2. The van der Waals surface area contributed by atoms with E-state index in [2.05, 4.69) is 42.6 Å². The first-order valence-corrected chi connectivity index (χ1v) is 11.4. The van der Waals surface area contributed by atoms with Crippen molar-refractivity contribution in [2.24, 2.45) is 5.92 Å². The number of amides is 2. The third-order valence-corrected chi connectivity index (χ3v) is 6.51. The molecule has 1 aromatic heterocycles. The van der Waals surface area contributed by atoms with Crippen LogP contribution in [-0.4, -0.2) is 40.7 Å². The topological polar surface area (TPSA) is 40.6 Å². The number of hydrogen-bond acceptors (Lipinski definition) is 3. The Morgan fingerprint density at radius 1 is 1.14 bits per heavy atom. The Kier molecular flexibility index (Phi) is 6.78. The molecule has 0 saturated carbocycles. The highest BCUT2D eigenvalue weighted by Gasteiger charge is 2.34. The van der Waals surface area contributed by atoms with E-state index in [1.54, 1.807) is 16.2 Å². The maximum Gasteiger partial charge on any atom is 0.243 e. The first-order valence-electron chi connectivity index (χ1n) is 10.5. The summed E-state index contributed by atoms with van der Waals surface area (Å²) in [5.41, 5.74) is 3.56. The smallest absolute Gasteiger partial charge is 0.243 e. The van der Waals surface area contributed by atoms with Crippen molar-refractivity contribution in [3.05, 3.63) is 57.3 Å². The highest BCUT2D eigenvalue weighted by Crippen LogP contribution is 2.38. The summed E-state index contributed by atoms with van der Waals surface area (Å²) >= 11 is 1.77. The summed E-state index contributed by atoms with van der Waals surface area (Å²) in [6.07, 6.45) is 1.35. The number of fused-ring (bicyclic) bond motifs is 1. The van der Waals surface area contributed by atoms with Gasteiger partial charge in [-0.1, -0.05) is 43.7 Å². The molecule has 2 aromatic rings. The molecule has 2 heterocycles. The first kappa shape index (κ1) is 21.6. The maximum atomic E-state index is 13.4. The second-order valence-electron chi connectivity index (χ2n) is 8.66. The number of nitrogens with zero attached hydrogens (tertiary/aromatic N) is 2. The molecule has 1 aromatic carbocycles. The Morgan fingerprint density at radius 2 is 1.83 bits per heavy atom. The molecule has 156 valence electrons. The van der Waals surface area contributed by atoms with E-state index in [0.29, 0.717) is 13.0 Å². The summed E-state index contributed by atoms with van der Waals surface area (Å²) in [5.74, 6) is 0.365. The van der Waals surface area contributed by atoms with Crippen molar-refractivity contribution in [1.29, 1.82) is 0 Å². The number of carbonyl (C=O) groups excluding carboxylic acids is 2. The number of benzene rings is 1. The van der Waals surface area contributed by atoms with Gasteiger partial charge in [0.1, 0.15) is 6.54 Å². The molecule has 29 heavy (non-hydrogen) atoms. The Labute approximate surface area is 178 Å². The van der Waals surface area contributed by atoms with Crippen molar-refractivity contribution in [2.75, 3.05) is 13.1 Å². The lowest BCUT2D eigenvalue weighted by Gasteiger charge is -2.38. The molecule has 0 fully saturated rings. The molecule has 0 spiro atoms. The van der Waals surface area contributed by atoms with Crippen LogP contribution in [0.15, 0.2) is 35.7 Å². The summed E-state index contributed by atoms with van der Waals surface area (Å²) < 4.78 is 0. The summed E-state index contributed by atoms with van der Waals surface area (Å²) in [6, 6.07) is 10.5. The summed E-state index contributed by atoms with van der Waals surface area (Å²) in [7, 11) is 0. The molecule has 1 aliphatic heterocycles. The van der Waals surface area contributed by atoms with Gasteiger partial charge in [-0.05, 0) is 55.7 Å². The van der Waals surface area contributed by atoms with E-state index in [1.807, 2.05) is 32.6 Å². The maximum absolute atomic E-state index is 13.4. The van der Waals surface area contributed by atoms with E-state index < -0.39 is 0 Å². The van der Waals surface area contributed by atoms with Gasteiger partial charge in [0.05, 0.1) is 6.04 Å². The van der Waals surface area contributed by atoms with Gasteiger partial charge in [0.25, 0.3) is 0 Å². The van der Waals surface area contributed by atoms with Crippen LogP contribution in [-0.2, 0) is 16.0 Å². The second kappa shape index (κ2) is 9.12. The van der Waals surface area contributed by atoms with Crippen LogP contribution in [0.1, 0.15) is 61.7 Å². The molecule has 2 amide bonds. The molecule has 1 aliphatic rings. The van der Waals surface area contributed by atoms with Crippen molar-refractivity contribution >= 4 is 23.2 Å². The van der Waals surface area contributed by atoms with E-state index in [1.165, 1.54) is 16.0 Å². The summed E-state index contributed by atoms with van der Waals surface area (Å²) in [5, 5.41) is 2.12. The number of hydrogen-bond donors (Lipinski definition) is 0. The van der Waals surface area contributed by atoms with Crippen LogP contribution in [0.5, 0.6) is 0 Å². The van der Waals surface area contributed by atoms with Crippen LogP contribution in [0.2, 0.25) is 0 Å². The first-order chi connectivity index (χ1) is 13.8. The molecule has 0 aliphatic carbocycles. The monoisotopic (exact) mass is 412 g/mol. The second-order valence-corrected chi connectivity index (χ2v) is 9.66. The fourth-order valence-corrected chi connectivity index (χ4v) is 4.86. The minimum Gasteiger partial charge on any atom is -0.331 e. The minimum atomic E-state index is -0.0766. The zero-order chi connectivity index (χ0) is 21.1. The quantitative estimate of drug-likeness (QED) is 0.683. The molecule has 1 atom stereocenters. The number of thiophene rings is 1. The normalized spacial score (nSPS) is 16.2. The largest absolute Gasteiger partial charge is 0.331 e. The fourth-order valence-electron chi connectivity index (χ4n) is 3.96. The van der Waals surface area contributed by atoms with Crippen LogP contribution in [0, 0.1) is 12.8 Å². The van der Waals surface area contributed by atoms with Gasteiger partial charge in [-0.2, -0.15) is 0 Å². The molecule has 0 unspecified atom stereocenters. The van der Waals surface area contributed by atoms with E-state index in [4.69, 9.17) is 0 Å². The standard InChI is InChI=1S/C24H32N2O2S/c1-16(2)14-22(27)26(17(3)4)15-23(28)25-12-10-21-20(11-13-29-21)24(25)19-8-6-18(5)7-9-19/h6-9,11,13,16-17,24H,10,12,14-15H2,1-5H3/t24-/m1/s1. The number of carbonyl (C=O) groups is 2. The average Bonchev–Trinajstić information content (AvgIpc) is 3.13. The molecular formula is C24H32N2O2S. The predicted molar refractivity (Wildman–Crippen MR) is 119 cm³/mol. The molecule has 0 N–H and O–H groups in total.